The fourth-order valence-electron chi connectivity index (χ4n) is 6.15. The average Bonchev–Trinajstić information content (AvgIpc) is 2.83. The maximum Gasteiger partial charge on any atom is 0.0979 e. The Morgan fingerprint density at radius 2 is 1.34 bits per heavy atom. The standard InChI is InChI=1S/C31H46NOPS/c1-23-20-24(2)22-25(21-23)30(32-35(33)31(3,4)5)28-18-12-13-19-29(28)34(26-14-8-6-9-15-26)27-16-10-7-11-17-27/h12-13,18-22,26-27,30,32H,6-11,14-17H2,1-5H3/t30-,35-/m1/s1. The molecule has 192 valence electrons. The molecular weight excluding hydrogens is 465 g/mol. The highest BCUT2D eigenvalue weighted by atomic mass is 32.2. The SMILES string of the molecule is Cc1cc(C)cc([C@@H](N[S@](=O)C(C)(C)C)c2ccccc2P(C2CCCCC2)C2CCCCC2)c1. The summed E-state index contributed by atoms with van der Waals surface area (Å²) in [6.07, 6.45) is 14.0. The molecule has 0 bridgehead atoms. The van der Waals surface area contributed by atoms with Gasteiger partial charge in [-0.05, 0) is 88.1 Å². The van der Waals surface area contributed by atoms with Crippen molar-refractivity contribution in [3.8, 4) is 0 Å². The van der Waals surface area contributed by atoms with Gasteiger partial charge in [-0.3, -0.25) is 0 Å². The number of aryl methyl sites for hydroxylation is 2. The summed E-state index contributed by atoms with van der Waals surface area (Å²) in [6, 6.07) is 16.0. The second kappa shape index (κ2) is 12.0. The summed E-state index contributed by atoms with van der Waals surface area (Å²) in [7, 11) is -1.40. The van der Waals surface area contributed by atoms with Crippen molar-refractivity contribution in [2.45, 2.75) is 121 Å². The van der Waals surface area contributed by atoms with Crippen LogP contribution in [0.15, 0.2) is 42.5 Å². The molecule has 4 heteroatoms. The lowest BCUT2D eigenvalue weighted by atomic mass is 9.96. The van der Waals surface area contributed by atoms with Gasteiger partial charge >= 0.3 is 0 Å². The zero-order chi connectivity index (χ0) is 25.0. The van der Waals surface area contributed by atoms with Crippen molar-refractivity contribution in [1.29, 1.82) is 0 Å². The molecule has 0 aromatic heterocycles. The van der Waals surface area contributed by atoms with Crippen molar-refractivity contribution in [3.05, 3.63) is 64.7 Å². The minimum atomic E-state index is -1.16. The van der Waals surface area contributed by atoms with Crippen molar-refractivity contribution in [2.24, 2.45) is 0 Å². The monoisotopic (exact) mass is 511 g/mol. The first kappa shape index (κ1) is 27.0. The molecule has 0 aliphatic heterocycles. The predicted octanol–water partition coefficient (Wildman–Crippen LogP) is 8.22. The van der Waals surface area contributed by atoms with Crippen molar-refractivity contribution in [3.63, 3.8) is 0 Å². The van der Waals surface area contributed by atoms with Crippen molar-refractivity contribution in [1.82, 2.24) is 4.72 Å². The molecule has 0 heterocycles. The van der Waals surface area contributed by atoms with Crippen LogP contribution < -0.4 is 10.0 Å². The third-order valence-electron chi connectivity index (χ3n) is 7.82. The summed E-state index contributed by atoms with van der Waals surface area (Å²) >= 11 is 0. The molecule has 2 nitrogen and oxygen atoms in total. The molecule has 0 radical (unpaired) electrons. The maximum absolute atomic E-state index is 13.5. The molecule has 35 heavy (non-hydrogen) atoms. The molecule has 1 N–H and O–H groups in total. The lowest BCUT2D eigenvalue weighted by molar-refractivity contribution is 0.487. The first-order chi connectivity index (χ1) is 16.7. The number of hydrogen-bond acceptors (Lipinski definition) is 1. The molecule has 4 rings (SSSR count). The van der Waals surface area contributed by atoms with E-state index in [2.05, 4.69) is 81.8 Å². The van der Waals surface area contributed by atoms with Crippen LogP contribution in [0.4, 0.5) is 0 Å². The molecule has 0 amide bonds. The Bertz CT molecular complexity index is 963. The van der Waals surface area contributed by atoms with Crippen LogP contribution in [0.5, 0.6) is 0 Å². The second-order valence-corrected chi connectivity index (χ2v) is 16.7. The Labute approximate surface area is 218 Å². The van der Waals surface area contributed by atoms with Gasteiger partial charge < -0.3 is 0 Å². The zero-order valence-corrected chi connectivity index (χ0v) is 24.3. The Hall–Kier alpha value is -1.02. The van der Waals surface area contributed by atoms with E-state index >= 15 is 0 Å². The van der Waals surface area contributed by atoms with Crippen molar-refractivity contribution in [2.75, 3.05) is 0 Å². The van der Waals surface area contributed by atoms with Crippen LogP contribution in [0.25, 0.3) is 0 Å². The largest absolute Gasteiger partial charge is 0.242 e. The Kier molecular flexibility index (Phi) is 9.28. The van der Waals surface area contributed by atoms with E-state index in [-0.39, 0.29) is 18.7 Å². The molecule has 2 aliphatic carbocycles. The van der Waals surface area contributed by atoms with E-state index in [9.17, 15) is 4.21 Å². The van der Waals surface area contributed by atoms with Gasteiger partial charge in [-0.25, -0.2) is 8.93 Å². The molecular formula is C31H46NOPS. The third-order valence-corrected chi connectivity index (χ3v) is 13.0. The lowest BCUT2D eigenvalue weighted by Crippen LogP contribution is -2.38. The highest BCUT2D eigenvalue weighted by molar-refractivity contribution is 7.84. The van der Waals surface area contributed by atoms with Crippen LogP contribution >= 0.6 is 7.92 Å². The Balaban J connectivity index is 1.82. The third kappa shape index (κ3) is 6.85. The summed E-state index contributed by atoms with van der Waals surface area (Å²) in [6.45, 7) is 10.6. The molecule has 2 fully saturated rings. The fraction of sp³-hybridized carbons (Fsp3) is 0.613. The topological polar surface area (TPSA) is 29.1 Å². The van der Waals surface area contributed by atoms with Gasteiger partial charge in [0.15, 0.2) is 0 Å². The smallest absolute Gasteiger partial charge is 0.0979 e. The van der Waals surface area contributed by atoms with Gasteiger partial charge in [-0.15, -0.1) is 0 Å². The predicted molar refractivity (Wildman–Crippen MR) is 156 cm³/mol. The molecule has 2 saturated carbocycles. The van der Waals surface area contributed by atoms with E-state index < -0.39 is 11.0 Å². The van der Waals surface area contributed by atoms with E-state index in [1.54, 1.807) is 5.30 Å². The minimum absolute atomic E-state index is 0.0537. The number of nitrogens with one attached hydrogen (secondary N) is 1. The summed E-state index contributed by atoms with van der Waals surface area (Å²) in [4.78, 5) is 0. The Morgan fingerprint density at radius 3 is 1.86 bits per heavy atom. The van der Waals surface area contributed by atoms with Gasteiger partial charge in [0, 0.05) is 0 Å². The quantitative estimate of drug-likeness (QED) is 0.373. The van der Waals surface area contributed by atoms with Crippen LogP contribution in [0.1, 0.15) is 113 Å². The molecule has 0 unspecified atom stereocenters. The molecule has 0 spiro atoms. The fourth-order valence-corrected chi connectivity index (χ4v) is 11.0. The summed E-state index contributed by atoms with van der Waals surface area (Å²) in [5, 5.41) is 1.59. The van der Waals surface area contributed by atoms with Crippen molar-refractivity contribution >= 4 is 24.2 Å². The van der Waals surface area contributed by atoms with Gasteiger partial charge in [-0.1, -0.05) is 100 Å². The minimum Gasteiger partial charge on any atom is -0.242 e. The highest BCUT2D eigenvalue weighted by Gasteiger charge is 2.35. The van der Waals surface area contributed by atoms with Gasteiger partial charge in [0.25, 0.3) is 0 Å². The summed E-state index contributed by atoms with van der Waals surface area (Å²) in [5.41, 5.74) is 6.85. The van der Waals surface area contributed by atoms with Crippen molar-refractivity contribution < 1.29 is 4.21 Å². The van der Waals surface area contributed by atoms with Gasteiger partial charge in [-0.2, -0.15) is 0 Å². The van der Waals surface area contributed by atoms with Crippen LogP contribution in [0.3, 0.4) is 0 Å². The Morgan fingerprint density at radius 1 is 0.829 bits per heavy atom. The first-order valence-corrected chi connectivity index (χ1v) is 16.5. The second-order valence-electron chi connectivity index (χ2n) is 11.9. The van der Waals surface area contributed by atoms with Crippen LogP contribution in [0.2, 0.25) is 0 Å². The van der Waals surface area contributed by atoms with Crippen LogP contribution in [-0.4, -0.2) is 20.3 Å². The van der Waals surface area contributed by atoms with Crippen LogP contribution in [0, 0.1) is 13.8 Å². The molecule has 0 saturated heterocycles. The first-order valence-electron chi connectivity index (χ1n) is 13.9. The number of benzene rings is 2. The zero-order valence-electron chi connectivity index (χ0n) is 22.6. The van der Waals surface area contributed by atoms with Gasteiger partial charge in [0.05, 0.1) is 21.8 Å². The van der Waals surface area contributed by atoms with E-state index in [1.807, 2.05) is 0 Å². The molecule has 2 aromatic carbocycles. The highest BCUT2D eigenvalue weighted by Crippen LogP contribution is 2.56. The maximum atomic E-state index is 13.5. The normalized spacial score (nSPS) is 20.2. The summed E-state index contributed by atoms with van der Waals surface area (Å²) in [5.74, 6) is 0. The van der Waals surface area contributed by atoms with Gasteiger partial charge in [0.1, 0.15) is 0 Å². The molecule has 2 atom stereocenters. The number of rotatable bonds is 7. The average molecular weight is 512 g/mol. The van der Waals surface area contributed by atoms with Crippen LogP contribution in [-0.2, 0) is 11.0 Å². The van der Waals surface area contributed by atoms with E-state index in [0.29, 0.717) is 0 Å². The van der Waals surface area contributed by atoms with E-state index in [0.717, 1.165) is 11.3 Å². The van der Waals surface area contributed by atoms with E-state index in [4.69, 9.17) is 0 Å². The molecule has 2 aliphatic rings. The van der Waals surface area contributed by atoms with Gasteiger partial charge in [0.2, 0.25) is 0 Å². The molecule has 2 aromatic rings. The number of hydrogen-bond donors (Lipinski definition) is 1. The van der Waals surface area contributed by atoms with E-state index in [1.165, 1.54) is 86.5 Å². The lowest BCUT2D eigenvalue weighted by Gasteiger charge is -2.40. The summed E-state index contributed by atoms with van der Waals surface area (Å²) < 4.78 is 16.8.